The van der Waals surface area contributed by atoms with Crippen molar-refractivity contribution in [2.45, 2.75) is 39.0 Å². The maximum atomic E-state index is 12.7. The molecular weight excluding hydrogens is 226 g/mol. The van der Waals surface area contributed by atoms with Crippen LogP contribution < -0.4 is 0 Å². The molecule has 0 unspecified atom stereocenters. The van der Waals surface area contributed by atoms with Gasteiger partial charge in [0.2, 0.25) is 5.92 Å². The van der Waals surface area contributed by atoms with E-state index in [1.807, 2.05) is 0 Å². The van der Waals surface area contributed by atoms with Crippen LogP contribution in [0.3, 0.4) is 0 Å². The molecule has 1 fully saturated rings. The highest BCUT2D eigenvalue weighted by Gasteiger charge is 2.46. The summed E-state index contributed by atoms with van der Waals surface area (Å²) in [6, 6.07) is 0. The van der Waals surface area contributed by atoms with E-state index in [0.717, 1.165) is 19.8 Å². The minimum Gasteiger partial charge on any atom is -0.207 e. The van der Waals surface area contributed by atoms with Gasteiger partial charge in [0.1, 0.15) is 0 Å². The first-order chi connectivity index (χ1) is 5.37. The highest BCUT2D eigenvalue weighted by Crippen LogP contribution is 2.52. The molecule has 3 heteroatoms. The van der Waals surface area contributed by atoms with Crippen molar-refractivity contribution in [3.8, 4) is 0 Å². The fraction of sp³-hybridized carbons (Fsp3) is 1.00. The molecule has 0 amide bonds. The van der Waals surface area contributed by atoms with Crippen LogP contribution in [0.4, 0.5) is 8.78 Å². The summed E-state index contributed by atoms with van der Waals surface area (Å²) in [6.07, 6.45) is 1.93. The minimum absolute atomic E-state index is 0.0373. The molecule has 1 saturated carbocycles. The molecule has 0 aromatic heterocycles. The van der Waals surface area contributed by atoms with Gasteiger partial charge < -0.3 is 0 Å². The summed E-state index contributed by atoms with van der Waals surface area (Å²) in [4.78, 5) is 0. The van der Waals surface area contributed by atoms with E-state index in [0.29, 0.717) is 11.2 Å². The van der Waals surface area contributed by atoms with Gasteiger partial charge in [0.25, 0.3) is 0 Å². The molecule has 0 N–H and O–H groups in total. The molecule has 0 aromatic rings. The van der Waals surface area contributed by atoms with Gasteiger partial charge in [-0.3, -0.25) is 0 Å². The maximum Gasteiger partial charge on any atom is 0.246 e. The number of hydrogen-bond donors (Lipinski definition) is 0. The molecule has 1 aliphatic rings. The van der Waals surface area contributed by atoms with E-state index < -0.39 is 5.92 Å². The quantitative estimate of drug-likeness (QED) is 0.658. The largest absolute Gasteiger partial charge is 0.246 e. The first kappa shape index (κ1) is 10.4. The summed E-state index contributed by atoms with van der Waals surface area (Å²) < 4.78 is 25.5. The Balaban J connectivity index is 2.48. The Labute approximate surface area is 80.9 Å². The molecule has 1 aliphatic carbocycles. The van der Waals surface area contributed by atoms with E-state index in [1.165, 1.54) is 0 Å². The van der Waals surface area contributed by atoms with Crippen LogP contribution in [0.1, 0.15) is 33.1 Å². The predicted octanol–water partition coefficient (Wildman–Crippen LogP) is 3.84. The van der Waals surface area contributed by atoms with Crippen molar-refractivity contribution in [3.05, 3.63) is 0 Å². The highest BCUT2D eigenvalue weighted by atomic mass is 79.9. The smallest absolute Gasteiger partial charge is 0.207 e. The highest BCUT2D eigenvalue weighted by molar-refractivity contribution is 9.09. The number of alkyl halides is 3. The molecule has 0 atom stereocenters. The first-order valence-electron chi connectivity index (χ1n) is 4.31. The Kier molecular flexibility index (Phi) is 2.81. The molecule has 72 valence electrons. The van der Waals surface area contributed by atoms with Crippen molar-refractivity contribution in [3.63, 3.8) is 0 Å². The zero-order chi connectivity index (χ0) is 9.41. The second kappa shape index (κ2) is 3.24. The van der Waals surface area contributed by atoms with Crippen LogP contribution in [-0.2, 0) is 0 Å². The lowest BCUT2D eigenvalue weighted by Gasteiger charge is -2.46. The molecule has 1 rings (SSSR count). The van der Waals surface area contributed by atoms with Gasteiger partial charge in [-0.25, -0.2) is 8.78 Å². The summed E-state index contributed by atoms with van der Waals surface area (Å²) in [5.74, 6) is -1.88. The first-order valence-corrected chi connectivity index (χ1v) is 5.43. The topological polar surface area (TPSA) is 0 Å². The van der Waals surface area contributed by atoms with E-state index in [2.05, 4.69) is 22.9 Å². The van der Waals surface area contributed by atoms with Crippen molar-refractivity contribution in [1.29, 1.82) is 0 Å². The summed E-state index contributed by atoms with van der Waals surface area (Å²) in [6.45, 7) is 3.13. The van der Waals surface area contributed by atoms with E-state index in [-0.39, 0.29) is 11.8 Å². The van der Waals surface area contributed by atoms with Gasteiger partial charge in [-0.15, -0.1) is 0 Å². The summed E-state index contributed by atoms with van der Waals surface area (Å²) in [7, 11) is 0. The molecule has 0 nitrogen and oxygen atoms in total. The molecule has 0 heterocycles. The molecule has 12 heavy (non-hydrogen) atoms. The summed E-state index contributed by atoms with van der Waals surface area (Å²) in [5, 5.41) is 0.716. The third-order valence-electron chi connectivity index (χ3n) is 2.53. The fourth-order valence-electron chi connectivity index (χ4n) is 2.38. The van der Waals surface area contributed by atoms with Crippen LogP contribution in [0.5, 0.6) is 0 Å². The Morgan fingerprint density at radius 2 is 2.00 bits per heavy atom. The van der Waals surface area contributed by atoms with Crippen LogP contribution in [0, 0.1) is 11.3 Å². The lowest BCUT2D eigenvalue weighted by atomic mass is 9.61. The van der Waals surface area contributed by atoms with Crippen LogP contribution in [-0.4, -0.2) is 11.3 Å². The normalized spacial score (nSPS) is 36.2. The molecule has 0 spiro atoms. The standard InChI is InChI=1S/C9H15BrF2/c1-7-3-9(4-7,6-10)5-8(2,11)12/h7H,3-6H2,1-2H3. The molecule has 0 aromatic carbocycles. The minimum atomic E-state index is -2.51. The zero-order valence-corrected chi connectivity index (χ0v) is 9.13. The van der Waals surface area contributed by atoms with E-state index in [4.69, 9.17) is 0 Å². The Hall–Kier alpha value is 0.340. The number of rotatable bonds is 3. The van der Waals surface area contributed by atoms with Crippen molar-refractivity contribution >= 4 is 15.9 Å². The van der Waals surface area contributed by atoms with Crippen molar-refractivity contribution in [1.82, 2.24) is 0 Å². The van der Waals surface area contributed by atoms with Gasteiger partial charge in [-0.2, -0.15) is 0 Å². The molecular formula is C9H15BrF2. The average Bonchev–Trinajstić information content (AvgIpc) is 1.80. The molecule has 0 saturated heterocycles. The second-order valence-electron chi connectivity index (χ2n) is 4.39. The van der Waals surface area contributed by atoms with E-state index >= 15 is 0 Å². The third kappa shape index (κ3) is 2.41. The average molecular weight is 241 g/mol. The van der Waals surface area contributed by atoms with Gasteiger partial charge in [0.15, 0.2) is 0 Å². The summed E-state index contributed by atoms with van der Waals surface area (Å²) in [5.41, 5.74) is -0.113. The van der Waals surface area contributed by atoms with Gasteiger partial charge in [0, 0.05) is 11.8 Å². The third-order valence-corrected chi connectivity index (χ3v) is 3.72. The van der Waals surface area contributed by atoms with Crippen LogP contribution >= 0.6 is 15.9 Å². The number of hydrogen-bond acceptors (Lipinski definition) is 0. The zero-order valence-electron chi connectivity index (χ0n) is 7.54. The Morgan fingerprint density at radius 1 is 1.50 bits per heavy atom. The molecule has 0 bridgehead atoms. The Bertz CT molecular complexity index is 156. The van der Waals surface area contributed by atoms with Gasteiger partial charge in [0.05, 0.1) is 0 Å². The predicted molar refractivity (Wildman–Crippen MR) is 49.9 cm³/mol. The summed E-state index contributed by atoms with van der Waals surface area (Å²) >= 11 is 3.33. The SMILES string of the molecule is CC1CC(CBr)(CC(C)(F)F)C1. The lowest BCUT2D eigenvalue weighted by molar-refractivity contribution is -0.0604. The van der Waals surface area contributed by atoms with Crippen LogP contribution in [0.15, 0.2) is 0 Å². The Morgan fingerprint density at radius 3 is 2.25 bits per heavy atom. The van der Waals surface area contributed by atoms with Crippen molar-refractivity contribution in [2.24, 2.45) is 11.3 Å². The molecule has 0 radical (unpaired) electrons. The van der Waals surface area contributed by atoms with Gasteiger partial charge in [-0.05, 0) is 31.1 Å². The number of halogens is 3. The second-order valence-corrected chi connectivity index (χ2v) is 4.95. The fourth-order valence-corrected chi connectivity index (χ4v) is 3.03. The van der Waals surface area contributed by atoms with Crippen molar-refractivity contribution in [2.75, 3.05) is 5.33 Å². The van der Waals surface area contributed by atoms with Gasteiger partial charge in [-0.1, -0.05) is 22.9 Å². The van der Waals surface area contributed by atoms with E-state index in [9.17, 15) is 8.78 Å². The van der Waals surface area contributed by atoms with E-state index in [1.54, 1.807) is 0 Å². The molecule has 0 aliphatic heterocycles. The lowest BCUT2D eigenvalue weighted by Crippen LogP contribution is -2.41. The van der Waals surface area contributed by atoms with Crippen molar-refractivity contribution < 1.29 is 8.78 Å². The van der Waals surface area contributed by atoms with Crippen LogP contribution in [0.2, 0.25) is 0 Å². The monoisotopic (exact) mass is 240 g/mol. The maximum absolute atomic E-state index is 12.7. The van der Waals surface area contributed by atoms with Gasteiger partial charge >= 0.3 is 0 Å². The van der Waals surface area contributed by atoms with Crippen LogP contribution in [0.25, 0.3) is 0 Å².